The Morgan fingerprint density at radius 1 is 0.964 bits per heavy atom. The van der Waals surface area contributed by atoms with Gasteiger partial charge < -0.3 is 15.4 Å². The van der Waals surface area contributed by atoms with Crippen LogP contribution in [-0.4, -0.2) is 13.7 Å². The Morgan fingerprint density at radius 2 is 1.79 bits per heavy atom. The van der Waals surface area contributed by atoms with E-state index in [9.17, 15) is 0 Å². The topological polar surface area (TPSA) is 33.3 Å². The number of rotatable bonds is 6. The maximum absolute atomic E-state index is 5.62. The molecule has 152 valence electrons. The van der Waals surface area contributed by atoms with Crippen molar-refractivity contribution in [2.75, 3.05) is 19.0 Å². The summed E-state index contributed by atoms with van der Waals surface area (Å²) in [6.07, 6.45) is 9.25. The molecule has 4 heteroatoms. The molecule has 0 amide bonds. The van der Waals surface area contributed by atoms with Gasteiger partial charge in [0.05, 0.1) is 7.11 Å². The van der Waals surface area contributed by atoms with Crippen LogP contribution in [-0.2, 0) is 6.54 Å². The predicted molar refractivity (Wildman–Crippen MR) is 120 cm³/mol. The zero-order valence-corrected chi connectivity index (χ0v) is 17.7. The van der Waals surface area contributed by atoms with E-state index in [4.69, 9.17) is 4.74 Å². The largest absolute Gasteiger partial charge is 0.496 e. The number of halogens is 1. The summed E-state index contributed by atoms with van der Waals surface area (Å²) in [5.41, 5.74) is 5.31. The van der Waals surface area contributed by atoms with Crippen LogP contribution in [0.4, 0.5) is 5.69 Å². The first-order valence-electron chi connectivity index (χ1n) is 10.6. The molecule has 0 radical (unpaired) electrons. The number of anilines is 1. The average Bonchev–Trinajstić information content (AvgIpc) is 3.28. The summed E-state index contributed by atoms with van der Waals surface area (Å²) in [4.78, 5) is 0. The molecule has 3 nitrogen and oxygen atoms in total. The number of hydrogen-bond donors (Lipinski definition) is 2. The molecule has 2 N–H and O–H groups in total. The van der Waals surface area contributed by atoms with Crippen LogP contribution in [0.2, 0.25) is 0 Å². The first kappa shape index (κ1) is 21.0. The molecule has 4 rings (SSSR count). The summed E-state index contributed by atoms with van der Waals surface area (Å²) < 4.78 is 5.62. The summed E-state index contributed by atoms with van der Waals surface area (Å²) in [5, 5.41) is 7.27. The van der Waals surface area contributed by atoms with Crippen LogP contribution >= 0.6 is 12.4 Å². The standard InChI is InChI=1S/C24H32N2O.ClH/c1-27-24-13-12-19(18-7-2-3-8-18)15-21(24)17-26-22-10-6-9-20(16-22)23-11-4-5-14-25-23;/h6,9-10,12-13,15-16,18,23,25-26H,2-5,7-8,11,14,17H2,1H3;1H. The van der Waals surface area contributed by atoms with E-state index >= 15 is 0 Å². The Morgan fingerprint density at radius 3 is 2.54 bits per heavy atom. The fourth-order valence-corrected chi connectivity index (χ4v) is 4.65. The number of hydrogen-bond acceptors (Lipinski definition) is 3. The van der Waals surface area contributed by atoms with Crippen molar-refractivity contribution in [1.29, 1.82) is 0 Å². The van der Waals surface area contributed by atoms with Crippen LogP contribution in [0.1, 0.15) is 73.6 Å². The van der Waals surface area contributed by atoms with Crippen molar-refractivity contribution in [3.05, 3.63) is 59.2 Å². The molecule has 28 heavy (non-hydrogen) atoms. The molecule has 1 heterocycles. The normalized spacial score (nSPS) is 19.8. The van der Waals surface area contributed by atoms with Gasteiger partial charge in [-0.2, -0.15) is 0 Å². The van der Waals surface area contributed by atoms with E-state index < -0.39 is 0 Å². The van der Waals surface area contributed by atoms with Crippen molar-refractivity contribution in [1.82, 2.24) is 5.32 Å². The SMILES string of the molecule is COc1ccc(C2CCCC2)cc1CNc1cccc(C2CCCCN2)c1.Cl. The Balaban J connectivity index is 0.00000225. The van der Waals surface area contributed by atoms with Gasteiger partial charge in [0.15, 0.2) is 0 Å². The molecule has 2 aliphatic rings. The second-order valence-electron chi connectivity index (χ2n) is 8.03. The van der Waals surface area contributed by atoms with Crippen molar-refractivity contribution < 1.29 is 4.74 Å². The number of methoxy groups -OCH3 is 1. The zero-order valence-electron chi connectivity index (χ0n) is 16.9. The van der Waals surface area contributed by atoms with Gasteiger partial charge in [0.25, 0.3) is 0 Å². The molecule has 1 unspecified atom stereocenters. The van der Waals surface area contributed by atoms with Crippen LogP contribution in [0.5, 0.6) is 5.75 Å². The lowest BCUT2D eigenvalue weighted by Crippen LogP contribution is -2.26. The quantitative estimate of drug-likeness (QED) is 0.605. The maximum atomic E-state index is 5.62. The third kappa shape index (κ3) is 5.01. The molecule has 1 saturated heterocycles. The highest BCUT2D eigenvalue weighted by atomic mass is 35.5. The van der Waals surface area contributed by atoms with Gasteiger partial charge in [0.1, 0.15) is 5.75 Å². The third-order valence-corrected chi connectivity index (χ3v) is 6.21. The second-order valence-corrected chi connectivity index (χ2v) is 8.03. The van der Waals surface area contributed by atoms with Gasteiger partial charge in [0, 0.05) is 23.8 Å². The van der Waals surface area contributed by atoms with E-state index in [-0.39, 0.29) is 12.4 Å². The van der Waals surface area contributed by atoms with Crippen molar-refractivity contribution in [3.63, 3.8) is 0 Å². The summed E-state index contributed by atoms with van der Waals surface area (Å²) in [7, 11) is 1.77. The van der Waals surface area contributed by atoms with E-state index in [0.717, 1.165) is 24.8 Å². The van der Waals surface area contributed by atoms with Crippen molar-refractivity contribution in [3.8, 4) is 5.75 Å². The highest BCUT2D eigenvalue weighted by Gasteiger charge is 2.18. The summed E-state index contributed by atoms with van der Waals surface area (Å²) in [6.45, 7) is 1.93. The minimum Gasteiger partial charge on any atom is -0.496 e. The van der Waals surface area contributed by atoms with Crippen LogP contribution in [0, 0.1) is 0 Å². The van der Waals surface area contributed by atoms with Gasteiger partial charge in [-0.3, -0.25) is 0 Å². The lowest BCUT2D eigenvalue weighted by atomic mass is 9.95. The Bertz CT molecular complexity index is 752. The molecule has 2 fully saturated rings. The van der Waals surface area contributed by atoms with E-state index in [1.807, 2.05) is 0 Å². The predicted octanol–water partition coefficient (Wildman–Crippen LogP) is 6.20. The first-order valence-corrected chi connectivity index (χ1v) is 10.6. The monoisotopic (exact) mass is 400 g/mol. The minimum absolute atomic E-state index is 0. The zero-order chi connectivity index (χ0) is 18.5. The maximum Gasteiger partial charge on any atom is 0.123 e. The van der Waals surface area contributed by atoms with E-state index in [2.05, 4.69) is 53.1 Å². The molecular formula is C24H33ClN2O. The molecule has 1 atom stereocenters. The van der Waals surface area contributed by atoms with Gasteiger partial charge in [0.2, 0.25) is 0 Å². The van der Waals surface area contributed by atoms with E-state index in [1.165, 1.54) is 67.3 Å². The number of nitrogens with one attached hydrogen (secondary N) is 2. The molecule has 2 aromatic rings. The fourth-order valence-electron chi connectivity index (χ4n) is 4.65. The highest BCUT2D eigenvalue weighted by Crippen LogP contribution is 2.36. The molecule has 0 spiro atoms. The lowest BCUT2D eigenvalue weighted by Gasteiger charge is -2.24. The Kier molecular flexibility index (Phi) is 7.64. The van der Waals surface area contributed by atoms with Crippen LogP contribution < -0.4 is 15.4 Å². The summed E-state index contributed by atoms with van der Waals surface area (Å²) in [5.74, 6) is 1.71. The first-order chi connectivity index (χ1) is 13.3. The summed E-state index contributed by atoms with van der Waals surface area (Å²) >= 11 is 0. The minimum atomic E-state index is 0. The molecule has 1 saturated carbocycles. The third-order valence-electron chi connectivity index (χ3n) is 6.21. The fraction of sp³-hybridized carbons (Fsp3) is 0.500. The molecule has 1 aliphatic carbocycles. The Hall–Kier alpha value is -1.71. The molecule has 1 aliphatic heterocycles. The van der Waals surface area contributed by atoms with Gasteiger partial charge in [-0.05, 0) is 67.5 Å². The average molecular weight is 401 g/mol. The molecule has 0 bridgehead atoms. The number of ether oxygens (including phenoxy) is 1. The smallest absolute Gasteiger partial charge is 0.123 e. The lowest BCUT2D eigenvalue weighted by molar-refractivity contribution is 0.410. The van der Waals surface area contributed by atoms with Gasteiger partial charge in [-0.15, -0.1) is 12.4 Å². The van der Waals surface area contributed by atoms with Gasteiger partial charge in [-0.1, -0.05) is 43.5 Å². The second kappa shape index (κ2) is 10.2. The molecule has 0 aromatic heterocycles. The summed E-state index contributed by atoms with van der Waals surface area (Å²) in [6, 6.07) is 16.1. The Labute approximate surface area is 175 Å². The number of piperidine rings is 1. The van der Waals surface area contributed by atoms with Gasteiger partial charge in [-0.25, -0.2) is 0 Å². The van der Waals surface area contributed by atoms with Crippen molar-refractivity contribution >= 4 is 18.1 Å². The number of benzene rings is 2. The van der Waals surface area contributed by atoms with Crippen LogP contribution in [0.25, 0.3) is 0 Å². The highest BCUT2D eigenvalue weighted by molar-refractivity contribution is 5.85. The van der Waals surface area contributed by atoms with Crippen LogP contribution in [0.15, 0.2) is 42.5 Å². The van der Waals surface area contributed by atoms with Gasteiger partial charge >= 0.3 is 0 Å². The molecular weight excluding hydrogens is 368 g/mol. The van der Waals surface area contributed by atoms with Crippen LogP contribution in [0.3, 0.4) is 0 Å². The van der Waals surface area contributed by atoms with E-state index in [0.29, 0.717) is 6.04 Å². The molecule has 2 aromatic carbocycles. The van der Waals surface area contributed by atoms with Crippen molar-refractivity contribution in [2.45, 2.75) is 63.5 Å². The van der Waals surface area contributed by atoms with Crippen molar-refractivity contribution in [2.24, 2.45) is 0 Å². The van der Waals surface area contributed by atoms with E-state index in [1.54, 1.807) is 7.11 Å².